The summed E-state index contributed by atoms with van der Waals surface area (Å²) < 4.78 is 13.1. The van der Waals surface area contributed by atoms with E-state index in [1.807, 2.05) is 19.1 Å². The molecule has 2 nitrogen and oxygen atoms in total. The Balaban J connectivity index is 2.31. The Morgan fingerprint density at radius 3 is 2.65 bits per heavy atom. The Labute approximate surface area is 104 Å². The molecule has 3 N–H and O–H groups in total. The normalized spacial score (nSPS) is 10.3. The second kappa shape index (κ2) is 4.63. The first-order valence-electron chi connectivity index (χ1n) is 5.14. The monoisotopic (exact) mass is 250 g/mol. The van der Waals surface area contributed by atoms with Gasteiger partial charge >= 0.3 is 0 Å². The summed E-state index contributed by atoms with van der Waals surface area (Å²) in [6, 6.07) is 9.70. The zero-order valence-electron chi connectivity index (χ0n) is 9.30. The average molecular weight is 251 g/mol. The number of anilines is 3. The lowest BCUT2D eigenvalue weighted by atomic mass is 10.2. The highest BCUT2D eigenvalue weighted by molar-refractivity contribution is 6.33. The first kappa shape index (κ1) is 11.7. The zero-order valence-corrected chi connectivity index (χ0v) is 10.1. The third-order valence-electron chi connectivity index (χ3n) is 2.48. The number of benzene rings is 2. The molecular weight excluding hydrogens is 239 g/mol. The van der Waals surface area contributed by atoms with Crippen molar-refractivity contribution in [2.45, 2.75) is 6.92 Å². The van der Waals surface area contributed by atoms with Crippen LogP contribution in [0.5, 0.6) is 0 Å². The summed E-state index contributed by atoms with van der Waals surface area (Å²) in [6.45, 7) is 1.91. The highest BCUT2D eigenvalue weighted by Crippen LogP contribution is 2.27. The smallest absolute Gasteiger partial charge is 0.125 e. The van der Waals surface area contributed by atoms with Crippen LogP contribution < -0.4 is 11.1 Å². The lowest BCUT2D eigenvalue weighted by Gasteiger charge is -2.10. The molecule has 0 radical (unpaired) electrons. The maximum Gasteiger partial charge on any atom is 0.125 e. The molecule has 0 fully saturated rings. The van der Waals surface area contributed by atoms with E-state index in [1.54, 1.807) is 6.07 Å². The van der Waals surface area contributed by atoms with E-state index in [0.717, 1.165) is 16.9 Å². The van der Waals surface area contributed by atoms with E-state index in [1.165, 1.54) is 18.2 Å². The molecule has 0 saturated carbocycles. The fourth-order valence-corrected chi connectivity index (χ4v) is 1.67. The number of nitrogens with one attached hydrogen (secondary N) is 1. The highest BCUT2D eigenvalue weighted by Gasteiger charge is 2.03. The summed E-state index contributed by atoms with van der Waals surface area (Å²) in [4.78, 5) is 0. The van der Waals surface area contributed by atoms with Crippen molar-refractivity contribution in [1.82, 2.24) is 0 Å². The summed E-state index contributed by atoms with van der Waals surface area (Å²) in [5.74, 6) is -0.330. The van der Waals surface area contributed by atoms with Crippen LogP contribution in [-0.4, -0.2) is 0 Å². The van der Waals surface area contributed by atoms with Crippen molar-refractivity contribution in [2.75, 3.05) is 11.1 Å². The number of nitrogens with two attached hydrogens (primary N) is 1. The molecule has 0 aromatic heterocycles. The third kappa shape index (κ3) is 2.68. The number of rotatable bonds is 2. The van der Waals surface area contributed by atoms with Crippen LogP contribution in [0, 0.1) is 12.7 Å². The predicted octanol–water partition coefficient (Wildman–Crippen LogP) is 4.11. The molecule has 2 aromatic rings. The maximum atomic E-state index is 13.1. The molecule has 0 aliphatic rings. The predicted molar refractivity (Wildman–Crippen MR) is 70.3 cm³/mol. The Morgan fingerprint density at radius 2 is 1.94 bits per heavy atom. The van der Waals surface area contributed by atoms with Gasteiger partial charge in [-0.1, -0.05) is 11.6 Å². The van der Waals surface area contributed by atoms with Gasteiger partial charge in [0.15, 0.2) is 0 Å². The fourth-order valence-electron chi connectivity index (χ4n) is 1.50. The van der Waals surface area contributed by atoms with Gasteiger partial charge in [-0.15, -0.1) is 0 Å². The first-order valence-corrected chi connectivity index (χ1v) is 5.52. The van der Waals surface area contributed by atoms with Crippen molar-refractivity contribution in [3.8, 4) is 0 Å². The Morgan fingerprint density at radius 1 is 1.18 bits per heavy atom. The van der Waals surface area contributed by atoms with E-state index < -0.39 is 0 Å². The van der Waals surface area contributed by atoms with Gasteiger partial charge in [-0.25, -0.2) is 4.39 Å². The van der Waals surface area contributed by atoms with Gasteiger partial charge in [0.2, 0.25) is 0 Å². The van der Waals surface area contributed by atoms with Crippen molar-refractivity contribution in [2.24, 2.45) is 0 Å². The van der Waals surface area contributed by atoms with Gasteiger partial charge < -0.3 is 11.1 Å². The van der Waals surface area contributed by atoms with Crippen LogP contribution in [0.15, 0.2) is 36.4 Å². The molecule has 0 aliphatic heterocycles. The number of hydrogen-bond donors (Lipinski definition) is 2. The van der Waals surface area contributed by atoms with Gasteiger partial charge in [0.1, 0.15) is 5.82 Å². The van der Waals surface area contributed by atoms with Crippen LogP contribution >= 0.6 is 11.6 Å². The molecule has 0 saturated heterocycles. The molecular formula is C13H12ClFN2. The van der Waals surface area contributed by atoms with Crippen molar-refractivity contribution < 1.29 is 4.39 Å². The van der Waals surface area contributed by atoms with Crippen LogP contribution in [0.4, 0.5) is 21.5 Å². The fraction of sp³-hybridized carbons (Fsp3) is 0.0769. The number of nitrogen functional groups attached to an aromatic ring is 1. The van der Waals surface area contributed by atoms with E-state index in [-0.39, 0.29) is 5.82 Å². The molecule has 0 spiro atoms. The lowest BCUT2D eigenvalue weighted by molar-refractivity contribution is 0.628. The number of aryl methyl sites for hydroxylation is 1. The molecule has 0 unspecified atom stereocenters. The summed E-state index contributed by atoms with van der Waals surface area (Å²) in [6.07, 6.45) is 0. The Bertz CT molecular complexity index is 555. The van der Waals surface area contributed by atoms with Gasteiger partial charge in [0.25, 0.3) is 0 Å². The van der Waals surface area contributed by atoms with Crippen LogP contribution in [0.2, 0.25) is 5.02 Å². The molecule has 0 heterocycles. The quantitative estimate of drug-likeness (QED) is 0.787. The minimum Gasteiger partial charge on any atom is -0.399 e. The maximum absolute atomic E-state index is 13.1. The van der Waals surface area contributed by atoms with Crippen LogP contribution in [0.3, 0.4) is 0 Å². The van der Waals surface area contributed by atoms with Crippen molar-refractivity contribution in [3.05, 3.63) is 52.8 Å². The standard InChI is InChI=1S/C13H12ClFN2/c1-8-6-10(3-5-12(8)16)17-13-7-9(15)2-4-11(13)14/h2-7,17H,16H2,1H3. The Kier molecular flexibility index (Phi) is 3.20. The minimum atomic E-state index is -0.330. The SMILES string of the molecule is Cc1cc(Nc2cc(F)ccc2Cl)ccc1N. The molecule has 0 amide bonds. The Hall–Kier alpha value is -1.74. The van der Waals surface area contributed by atoms with Crippen molar-refractivity contribution in [3.63, 3.8) is 0 Å². The molecule has 2 rings (SSSR count). The van der Waals surface area contributed by atoms with Gasteiger partial charge in [0.05, 0.1) is 10.7 Å². The molecule has 17 heavy (non-hydrogen) atoms. The van der Waals surface area contributed by atoms with Crippen LogP contribution in [0.25, 0.3) is 0 Å². The van der Waals surface area contributed by atoms with E-state index in [0.29, 0.717) is 10.7 Å². The third-order valence-corrected chi connectivity index (χ3v) is 2.81. The number of hydrogen-bond acceptors (Lipinski definition) is 2. The molecule has 88 valence electrons. The van der Waals surface area contributed by atoms with E-state index in [4.69, 9.17) is 17.3 Å². The molecule has 0 atom stereocenters. The zero-order chi connectivity index (χ0) is 12.4. The summed E-state index contributed by atoms with van der Waals surface area (Å²) in [5.41, 5.74) is 8.77. The lowest BCUT2D eigenvalue weighted by Crippen LogP contribution is -1.95. The van der Waals surface area contributed by atoms with Gasteiger partial charge in [-0.05, 0) is 48.9 Å². The second-order valence-electron chi connectivity index (χ2n) is 3.82. The van der Waals surface area contributed by atoms with E-state index >= 15 is 0 Å². The summed E-state index contributed by atoms with van der Waals surface area (Å²) in [5, 5.41) is 3.53. The topological polar surface area (TPSA) is 38.0 Å². The second-order valence-corrected chi connectivity index (χ2v) is 4.23. The average Bonchev–Trinajstić information content (AvgIpc) is 2.29. The van der Waals surface area contributed by atoms with Crippen molar-refractivity contribution in [1.29, 1.82) is 0 Å². The summed E-state index contributed by atoms with van der Waals surface area (Å²) >= 11 is 5.96. The molecule has 4 heteroatoms. The highest BCUT2D eigenvalue weighted by atomic mass is 35.5. The number of halogens is 2. The van der Waals surface area contributed by atoms with Crippen LogP contribution in [0.1, 0.15) is 5.56 Å². The van der Waals surface area contributed by atoms with Crippen molar-refractivity contribution >= 4 is 28.7 Å². The van der Waals surface area contributed by atoms with Gasteiger partial charge in [-0.2, -0.15) is 0 Å². The van der Waals surface area contributed by atoms with E-state index in [2.05, 4.69) is 5.32 Å². The largest absolute Gasteiger partial charge is 0.399 e. The van der Waals surface area contributed by atoms with Gasteiger partial charge in [0, 0.05) is 11.4 Å². The summed E-state index contributed by atoms with van der Waals surface area (Å²) in [7, 11) is 0. The molecule has 0 bridgehead atoms. The minimum absolute atomic E-state index is 0.330. The van der Waals surface area contributed by atoms with E-state index in [9.17, 15) is 4.39 Å². The van der Waals surface area contributed by atoms with Gasteiger partial charge in [-0.3, -0.25) is 0 Å². The molecule has 0 aliphatic carbocycles. The first-order chi connectivity index (χ1) is 8.06. The van der Waals surface area contributed by atoms with Crippen LogP contribution in [-0.2, 0) is 0 Å². The molecule has 2 aromatic carbocycles.